The Morgan fingerprint density at radius 1 is 1.01 bits per heavy atom. The molecule has 1 spiro atoms. The molecular formula is C56H68N12O8S. The second-order valence-corrected chi connectivity index (χ2v) is 24.0. The molecule has 0 unspecified atom stereocenters. The third-order valence-electron chi connectivity index (χ3n) is 16.7. The first-order valence-electron chi connectivity index (χ1n) is 27.1. The highest BCUT2D eigenvalue weighted by molar-refractivity contribution is 7.13. The molecular weight excluding hydrogens is 1000 g/mol. The molecule has 2 saturated carbocycles. The zero-order chi connectivity index (χ0) is 53.8. The highest BCUT2D eigenvalue weighted by Crippen LogP contribution is 2.49. The van der Waals surface area contributed by atoms with E-state index >= 15 is 0 Å². The van der Waals surface area contributed by atoms with E-state index in [9.17, 15) is 24.3 Å². The summed E-state index contributed by atoms with van der Waals surface area (Å²) in [4.78, 5) is 73.7. The number of aliphatic hydroxyl groups is 1. The Kier molecular flexibility index (Phi) is 14.2. The number of nitrogens with zero attached hydrogens (tertiary/aromatic N) is 11. The summed E-state index contributed by atoms with van der Waals surface area (Å²) in [5.41, 5.74) is 5.79. The molecule has 11 rings (SSSR count). The van der Waals surface area contributed by atoms with Gasteiger partial charge in [-0.2, -0.15) is 10.1 Å². The van der Waals surface area contributed by atoms with Gasteiger partial charge in [-0.3, -0.25) is 14.4 Å². The molecule has 2 saturated heterocycles. The number of carbonyl (C=O) groups excluding carboxylic acids is 4. The minimum absolute atomic E-state index is 0.0496. The van der Waals surface area contributed by atoms with E-state index in [4.69, 9.17) is 24.0 Å². The van der Waals surface area contributed by atoms with Crippen LogP contribution in [-0.4, -0.2) is 135 Å². The Labute approximate surface area is 451 Å². The van der Waals surface area contributed by atoms with Gasteiger partial charge in [0.1, 0.15) is 17.9 Å². The van der Waals surface area contributed by atoms with Crippen LogP contribution in [0.2, 0.25) is 0 Å². The van der Waals surface area contributed by atoms with Crippen LogP contribution < -0.4 is 10.1 Å². The van der Waals surface area contributed by atoms with Crippen molar-refractivity contribution in [2.45, 2.75) is 147 Å². The Bertz CT molecular complexity index is 3160. The molecule has 0 bridgehead atoms. The smallest absolute Gasteiger partial charge is 0.358 e. The number of β-amino-alcohol motifs (C(OH)–C–C–N with tert-alkyl or cyclic N) is 1. The van der Waals surface area contributed by atoms with Gasteiger partial charge < -0.3 is 34.2 Å². The predicted molar refractivity (Wildman–Crippen MR) is 283 cm³/mol. The maximum Gasteiger partial charge on any atom is 0.358 e. The number of aliphatic hydroxyl groups excluding tert-OH is 1. The van der Waals surface area contributed by atoms with E-state index in [1.807, 2.05) is 70.6 Å². The summed E-state index contributed by atoms with van der Waals surface area (Å²) in [5.74, 6) is 0.863. The van der Waals surface area contributed by atoms with Gasteiger partial charge in [0, 0.05) is 61.3 Å². The number of rotatable bonds is 15. The summed E-state index contributed by atoms with van der Waals surface area (Å²) in [7, 11) is 1.31. The number of thiazole rings is 1. The number of nitrogens with one attached hydrogen (secondary N) is 1. The van der Waals surface area contributed by atoms with Gasteiger partial charge in [0.05, 0.1) is 53.1 Å². The van der Waals surface area contributed by atoms with Crippen molar-refractivity contribution < 1.29 is 38.3 Å². The maximum absolute atomic E-state index is 14.7. The first kappa shape index (κ1) is 52.3. The summed E-state index contributed by atoms with van der Waals surface area (Å²) >= 11 is 1.59. The van der Waals surface area contributed by atoms with E-state index in [1.54, 1.807) is 34.3 Å². The fraction of sp³-hybridized carbons (Fsp3) is 0.554. The minimum Gasteiger partial charge on any atom is -0.477 e. The molecule has 3 aliphatic carbocycles. The Morgan fingerprint density at radius 3 is 2.51 bits per heavy atom. The van der Waals surface area contributed by atoms with Gasteiger partial charge in [0.15, 0.2) is 28.8 Å². The van der Waals surface area contributed by atoms with Crippen molar-refractivity contribution in [3.63, 3.8) is 0 Å². The topological polar surface area (TPSA) is 239 Å². The van der Waals surface area contributed by atoms with Gasteiger partial charge in [-0.1, -0.05) is 61.8 Å². The van der Waals surface area contributed by atoms with E-state index in [0.29, 0.717) is 48.4 Å². The third kappa shape index (κ3) is 10.4. The quantitative estimate of drug-likeness (QED) is 0.0959. The number of ketones is 1. The summed E-state index contributed by atoms with van der Waals surface area (Å²) in [6.07, 6.45) is 12.0. The molecule has 0 radical (unpaired) electrons. The van der Waals surface area contributed by atoms with Gasteiger partial charge in [-0.25, -0.2) is 24.1 Å². The van der Waals surface area contributed by atoms with Gasteiger partial charge in [-0.15, -0.1) is 16.4 Å². The van der Waals surface area contributed by atoms with E-state index in [2.05, 4.69) is 35.8 Å². The monoisotopic (exact) mass is 1070 g/mol. The summed E-state index contributed by atoms with van der Waals surface area (Å²) in [5, 5.41) is 32.2. The molecule has 20 nitrogen and oxygen atoms in total. The van der Waals surface area contributed by atoms with Crippen LogP contribution >= 0.6 is 11.3 Å². The van der Waals surface area contributed by atoms with Crippen molar-refractivity contribution in [3.8, 4) is 33.7 Å². The number of benzene rings is 1. The normalized spacial score (nSPS) is 22.4. The lowest BCUT2D eigenvalue weighted by molar-refractivity contribution is -0.144. The number of ether oxygens (including phenoxy) is 2. The van der Waals surface area contributed by atoms with Crippen LogP contribution in [0.25, 0.3) is 27.8 Å². The molecule has 5 atom stereocenters. The molecule has 7 heterocycles. The molecule has 406 valence electrons. The van der Waals surface area contributed by atoms with Crippen LogP contribution in [-0.2, 0) is 31.0 Å². The van der Waals surface area contributed by atoms with Crippen molar-refractivity contribution in [2.24, 2.45) is 10.8 Å². The Morgan fingerprint density at radius 2 is 1.79 bits per heavy atom. The number of aromatic nitrogens is 9. The third-order valence-corrected chi connectivity index (χ3v) is 17.7. The van der Waals surface area contributed by atoms with Crippen LogP contribution in [0.5, 0.6) is 5.88 Å². The SMILES string of the molecule is COC(=O)c1ccn(-c2cc(OCC3(CN4CCC(c5cn([C@H](C(=O)N6C[C@H](O)C[C@H]6C(=O)N[C@@H](C)c6ccc(-c7scnc7C)cc6)C(C)(C)C)nn5)CC4)CC3)nc(-c3noc4c3CCC[C@@]43CCCCC3=O)n2)n1. The van der Waals surface area contributed by atoms with Crippen molar-refractivity contribution in [1.82, 2.24) is 60.0 Å². The van der Waals surface area contributed by atoms with Crippen molar-refractivity contribution in [3.05, 3.63) is 88.3 Å². The zero-order valence-corrected chi connectivity index (χ0v) is 45.6. The number of aryl methyl sites for hydroxylation is 1. The average molecular weight is 1070 g/mol. The number of Topliss-reactive ketones (excluding diaryl/α,β-unsaturated/α-hetero) is 1. The molecule has 4 fully saturated rings. The second kappa shape index (κ2) is 20.9. The van der Waals surface area contributed by atoms with Gasteiger partial charge in [-0.05, 0) is 107 Å². The molecule has 5 aliphatic rings. The van der Waals surface area contributed by atoms with Gasteiger partial charge in [0.25, 0.3) is 0 Å². The lowest BCUT2D eigenvalue weighted by Crippen LogP contribution is -2.50. The van der Waals surface area contributed by atoms with Crippen LogP contribution in [0.15, 0.2) is 58.8 Å². The standard InChI is InChI=1S/C56H68N12O8S/c1-33(35-12-14-37(15-13-35)47-34(2)57-32-77-47)58-51(71)42-26-38(69)28-66(42)52(72)48(54(3,4)5)68-29-41(61-64-68)36-16-23-65(24-17-36)30-55(21-22-55)31-75-45-27-44(67-25-18-40(62-67)53(73)74-6)59-50(60-45)46-39-10-9-20-56(49(39)76-63-46)19-8-7-11-43(56)70/h12-15,18,25,27,29,32-33,36,38,42,48,69H,7-11,16-17,19-24,26,28,30-31H2,1-6H3,(H,58,71)/t33-,38+,42-,48+,56+/m0/s1. The minimum atomic E-state index is -0.843. The molecule has 1 aromatic carbocycles. The molecule has 2 N–H and O–H groups in total. The van der Waals surface area contributed by atoms with E-state index in [0.717, 1.165) is 110 Å². The van der Waals surface area contributed by atoms with Crippen LogP contribution in [0, 0.1) is 17.8 Å². The highest BCUT2D eigenvalue weighted by atomic mass is 32.1. The molecule has 2 aliphatic heterocycles. The summed E-state index contributed by atoms with van der Waals surface area (Å²) < 4.78 is 20.7. The highest BCUT2D eigenvalue weighted by Gasteiger charge is 2.50. The summed E-state index contributed by atoms with van der Waals surface area (Å²) in [6.45, 7) is 12.9. The van der Waals surface area contributed by atoms with Gasteiger partial charge in [0.2, 0.25) is 17.7 Å². The van der Waals surface area contributed by atoms with Crippen molar-refractivity contribution in [2.75, 3.05) is 39.9 Å². The number of esters is 1. The number of hydrogen-bond donors (Lipinski definition) is 2. The largest absolute Gasteiger partial charge is 0.477 e. The van der Waals surface area contributed by atoms with Crippen LogP contribution in [0.4, 0.5) is 0 Å². The number of carbonyl (C=O) groups is 4. The molecule has 77 heavy (non-hydrogen) atoms. The van der Waals surface area contributed by atoms with Crippen molar-refractivity contribution >= 4 is 34.9 Å². The number of piperidine rings is 1. The Hall–Kier alpha value is -6.71. The lowest BCUT2D eigenvalue weighted by Gasteiger charge is -2.36. The fourth-order valence-corrected chi connectivity index (χ4v) is 13.0. The molecule has 2 amide bonds. The molecule has 21 heteroatoms. The first-order valence-corrected chi connectivity index (χ1v) is 28.0. The molecule has 5 aromatic heterocycles. The predicted octanol–water partition coefficient (Wildman–Crippen LogP) is 7.31. The van der Waals surface area contributed by atoms with E-state index in [1.165, 1.54) is 16.7 Å². The molecule has 6 aromatic rings. The number of hydrogen-bond acceptors (Lipinski definition) is 17. The summed E-state index contributed by atoms with van der Waals surface area (Å²) in [6, 6.07) is 9.40. The number of fused-ring (bicyclic) bond motifs is 2. The first-order chi connectivity index (χ1) is 37.0. The number of methoxy groups -OCH3 is 1. The van der Waals surface area contributed by atoms with Crippen molar-refractivity contribution in [1.29, 1.82) is 0 Å². The lowest BCUT2D eigenvalue weighted by atomic mass is 9.64. The Balaban J connectivity index is 0.734. The zero-order valence-electron chi connectivity index (χ0n) is 44.7. The average Bonchev–Trinajstić information content (AvgIpc) is 4.20. The number of amides is 2. The second-order valence-electron chi connectivity index (χ2n) is 23.2. The van der Waals surface area contributed by atoms with Gasteiger partial charge >= 0.3 is 5.97 Å². The van der Waals surface area contributed by atoms with Crippen LogP contribution in [0.1, 0.15) is 155 Å². The van der Waals surface area contributed by atoms with E-state index < -0.39 is 35.0 Å². The van der Waals surface area contributed by atoms with Crippen LogP contribution in [0.3, 0.4) is 0 Å². The van der Waals surface area contributed by atoms with E-state index in [-0.39, 0.29) is 53.6 Å². The fourth-order valence-electron chi connectivity index (χ4n) is 12.2. The number of likely N-dealkylation sites (tertiary alicyclic amines) is 2. The maximum atomic E-state index is 14.7.